The first kappa shape index (κ1) is 13.2. The summed E-state index contributed by atoms with van der Waals surface area (Å²) in [5, 5.41) is 3.19. The fraction of sp³-hybridized carbons (Fsp3) is 0.533. The van der Waals surface area contributed by atoms with Crippen molar-refractivity contribution in [2.24, 2.45) is 0 Å². The maximum Gasteiger partial charge on any atom is 0.247 e. The van der Waals surface area contributed by atoms with Gasteiger partial charge in [0.25, 0.3) is 0 Å². The molecule has 3 rings (SSSR count). The molecule has 1 aliphatic heterocycles. The molecule has 106 valence electrons. The van der Waals surface area contributed by atoms with Crippen molar-refractivity contribution in [1.29, 1.82) is 0 Å². The van der Waals surface area contributed by atoms with Crippen molar-refractivity contribution in [2.45, 2.75) is 50.7 Å². The first-order chi connectivity index (χ1) is 9.75. The molecule has 2 fully saturated rings. The predicted molar refractivity (Wildman–Crippen MR) is 73.6 cm³/mol. The van der Waals surface area contributed by atoms with Crippen LogP contribution in [0.15, 0.2) is 24.5 Å². The van der Waals surface area contributed by atoms with Gasteiger partial charge in [-0.05, 0) is 30.5 Å². The third-order valence-corrected chi connectivity index (χ3v) is 4.17. The Bertz CT molecular complexity index is 497. The summed E-state index contributed by atoms with van der Waals surface area (Å²) >= 11 is 0. The summed E-state index contributed by atoms with van der Waals surface area (Å²) in [5.41, 5.74) is 1.07. The molecular weight excluding hydrogens is 254 g/mol. The highest BCUT2D eigenvalue weighted by Gasteiger charge is 2.42. The second-order valence-corrected chi connectivity index (χ2v) is 5.53. The molecule has 0 aromatic carbocycles. The molecule has 1 saturated heterocycles. The second-order valence-electron chi connectivity index (χ2n) is 5.53. The van der Waals surface area contributed by atoms with Gasteiger partial charge in [-0.2, -0.15) is 0 Å². The molecule has 2 aliphatic rings. The minimum atomic E-state index is -0.365. The van der Waals surface area contributed by atoms with E-state index in [1.165, 1.54) is 4.90 Å². The quantitative estimate of drug-likeness (QED) is 0.838. The fourth-order valence-electron chi connectivity index (χ4n) is 3.10. The number of amides is 2. The number of pyridine rings is 1. The second kappa shape index (κ2) is 5.71. The van der Waals surface area contributed by atoms with Crippen LogP contribution in [0.4, 0.5) is 0 Å². The summed E-state index contributed by atoms with van der Waals surface area (Å²) in [6.07, 6.45) is 7.92. The van der Waals surface area contributed by atoms with Crippen LogP contribution in [0.3, 0.4) is 0 Å². The van der Waals surface area contributed by atoms with Gasteiger partial charge >= 0.3 is 0 Å². The molecule has 0 spiro atoms. The van der Waals surface area contributed by atoms with Crippen LogP contribution in [-0.2, 0) is 16.1 Å². The van der Waals surface area contributed by atoms with Crippen LogP contribution < -0.4 is 5.32 Å². The van der Waals surface area contributed by atoms with Crippen LogP contribution in [0.1, 0.15) is 37.7 Å². The highest BCUT2D eigenvalue weighted by atomic mass is 16.2. The first-order valence-electron chi connectivity index (χ1n) is 7.24. The molecule has 0 radical (unpaired) electrons. The molecule has 0 bridgehead atoms. The zero-order valence-corrected chi connectivity index (χ0v) is 11.4. The van der Waals surface area contributed by atoms with Gasteiger partial charge in [0.05, 0.1) is 12.5 Å². The van der Waals surface area contributed by atoms with E-state index >= 15 is 0 Å². The number of imide groups is 1. The van der Waals surface area contributed by atoms with E-state index in [1.807, 2.05) is 12.1 Å². The average Bonchev–Trinajstić information content (AvgIpc) is 3.06. The summed E-state index contributed by atoms with van der Waals surface area (Å²) in [6, 6.07) is 3.59. The molecular formula is C15H19N3O2. The van der Waals surface area contributed by atoms with Crippen LogP contribution in [0.5, 0.6) is 0 Å². The van der Waals surface area contributed by atoms with Crippen molar-refractivity contribution in [3.05, 3.63) is 30.1 Å². The molecule has 1 aromatic rings. The van der Waals surface area contributed by atoms with Gasteiger partial charge in [-0.15, -0.1) is 0 Å². The lowest BCUT2D eigenvalue weighted by Gasteiger charge is -2.22. The number of hydrogen-bond acceptors (Lipinski definition) is 4. The van der Waals surface area contributed by atoms with E-state index in [-0.39, 0.29) is 23.9 Å². The van der Waals surface area contributed by atoms with E-state index in [1.54, 1.807) is 12.4 Å². The van der Waals surface area contributed by atoms with Crippen molar-refractivity contribution in [3.8, 4) is 0 Å². The average molecular weight is 273 g/mol. The molecule has 1 atom stereocenters. The number of aromatic nitrogens is 1. The van der Waals surface area contributed by atoms with E-state index in [4.69, 9.17) is 0 Å². The van der Waals surface area contributed by atoms with E-state index in [2.05, 4.69) is 10.3 Å². The Labute approximate surface area is 118 Å². The number of carbonyl (C=O) groups excluding carboxylic acids is 2. The topological polar surface area (TPSA) is 62.3 Å². The van der Waals surface area contributed by atoms with E-state index in [0.29, 0.717) is 13.0 Å². The van der Waals surface area contributed by atoms with Gasteiger partial charge in [0, 0.05) is 25.0 Å². The lowest BCUT2D eigenvalue weighted by Crippen LogP contribution is -2.42. The summed E-state index contributed by atoms with van der Waals surface area (Å²) in [5.74, 6) is -0.0647. The van der Waals surface area contributed by atoms with Crippen molar-refractivity contribution >= 4 is 11.8 Å². The van der Waals surface area contributed by atoms with Crippen LogP contribution >= 0.6 is 0 Å². The van der Waals surface area contributed by atoms with Crippen LogP contribution in [0.25, 0.3) is 0 Å². The predicted octanol–water partition coefficient (Wildman–Crippen LogP) is 1.24. The molecule has 2 heterocycles. The maximum atomic E-state index is 12.4. The first-order valence-corrected chi connectivity index (χ1v) is 7.24. The monoisotopic (exact) mass is 273 g/mol. The molecule has 1 N–H and O–H groups in total. The third-order valence-electron chi connectivity index (χ3n) is 4.17. The summed E-state index contributed by atoms with van der Waals surface area (Å²) in [6.45, 7) is 0.588. The number of rotatable bonds is 4. The molecule has 2 amide bonds. The lowest BCUT2D eigenvalue weighted by molar-refractivity contribution is -0.141. The normalized spacial score (nSPS) is 23.8. The van der Waals surface area contributed by atoms with E-state index < -0.39 is 0 Å². The molecule has 20 heavy (non-hydrogen) atoms. The number of hydrogen-bond donors (Lipinski definition) is 1. The van der Waals surface area contributed by atoms with Crippen molar-refractivity contribution in [3.63, 3.8) is 0 Å². The largest absolute Gasteiger partial charge is 0.301 e. The molecule has 1 saturated carbocycles. The standard InChI is InChI=1S/C15H19N3O2/c19-14-9-13(17-10-11-5-7-16-8-6-11)15(20)18(14)12-3-1-2-4-12/h5-8,12-13,17H,1-4,9-10H2. The van der Waals surface area contributed by atoms with E-state index in [9.17, 15) is 9.59 Å². The summed E-state index contributed by atoms with van der Waals surface area (Å²) < 4.78 is 0. The number of nitrogens with zero attached hydrogens (tertiary/aromatic N) is 2. The minimum Gasteiger partial charge on any atom is -0.301 e. The van der Waals surface area contributed by atoms with Crippen molar-refractivity contribution < 1.29 is 9.59 Å². The Hall–Kier alpha value is -1.75. The SMILES string of the molecule is O=C1CC(NCc2ccncc2)C(=O)N1C1CCCC1. The Kier molecular flexibility index (Phi) is 3.78. The number of nitrogens with one attached hydrogen (secondary N) is 1. The Balaban J connectivity index is 1.61. The fourth-order valence-corrected chi connectivity index (χ4v) is 3.10. The smallest absolute Gasteiger partial charge is 0.247 e. The minimum absolute atomic E-state index is 0.0193. The van der Waals surface area contributed by atoms with Gasteiger partial charge in [-0.3, -0.25) is 19.5 Å². The van der Waals surface area contributed by atoms with Gasteiger partial charge in [-0.1, -0.05) is 12.8 Å². The Morgan fingerprint density at radius 1 is 1.20 bits per heavy atom. The van der Waals surface area contributed by atoms with E-state index in [0.717, 1.165) is 31.2 Å². The zero-order valence-electron chi connectivity index (χ0n) is 11.4. The molecule has 1 aliphatic carbocycles. The molecule has 5 nitrogen and oxygen atoms in total. The molecule has 1 aromatic heterocycles. The van der Waals surface area contributed by atoms with Crippen LogP contribution in [0.2, 0.25) is 0 Å². The van der Waals surface area contributed by atoms with Gasteiger partial charge in [0.2, 0.25) is 11.8 Å². The van der Waals surface area contributed by atoms with Crippen molar-refractivity contribution in [2.75, 3.05) is 0 Å². The molecule has 5 heteroatoms. The third kappa shape index (κ3) is 2.58. The Morgan fingerprint density at radius 2 is 1.90 bits per heavy atom. The number of likely N-dealkylation sites (tertiary alicyclic amines) is 1. The maximum absolute atomic E-state index is 12.4. The van der Waals surface area contributed by atoms with Crippen LogP contribution in [0, 0.1) is 0 Å². The number of carbonyl (C=O) groups is 2. The highest BCUT2D eigenvalue weighted by molar-refractivity contribution is 6.05. The van der Waals surface area contributed by atoms with Gasteiger partial charge in [0.15, 0.2) is 0 Å². The molecule has 1 unspecified atom stereocenters. The summed E-state index contributed by atoms with van der Waals surface area (Å²) in [7, 11) is 0. The van der Waals surface area contributed by atoms with Gasteiger partial charge < -0.3 is 5.32 Å². The van der Waals surface area contributed by atoms with Gasteiger partial charge in [-0.25, -0.2) is 0 Å². The van der Waals surface area contributed by atoms with Crippen molar-refractivity contribution in [1.82, 2.24) is 15.2 Å². The zero-order chi connectivity index (χ0) is 13.9. The van der Waals surface area contributed by atoms with Crippen LogP contribution in [-0.4, -0.2) is 33.8 Å². The Morgan fingerprint density at radius 3 is 2.60 bits per heavy atom. The highest BCUT2D eigenvalue weighted by Crippen LogP contribution is 2.28. The lowest BCUT2D eigenvalue weighted by atomic mass is 10.2. The van der Waals surface area contributed by atoms with Gasteiger partial charge in [0.1, 0.15) is 0 Å². The summed E-state index contributed by atoms with van der Waals surface area (Å²) in [4.78, 5) is 29.9.